The molecule has 1 amide bonds. The summed E-state index contributed by atoms with van der Waals surface area (Å²) in [7, 11) is 0. The third-order valence-corrected chi connectivity index (χ3v) is 4.64. The number of nitro groups is 1. The molecule has 26 heavy (non-hydrogen) atoms. The average molecular weight is 356 g/mol. The van der Waals surface area contributed by atoms with Crippen molar-refractivity contribution in [1.29, 1.82) is 0 Å². The van der Waals surface area contributed by atoms with E-state index in [9.17, 15) is 24.8 Å². The van der Waals surface area contributed by atoms with Crippen molar-refractivity contribution >= 4 is 17.6 Å². The van der Waals surface area contributed by atoms with Crippen LogP contribution in [0.3, 0.4) is 0 Å². The van der Waals surface area contributed by atoms with Gasteiger partial charge in [-0.25, -0.2) is 0 Å². The van der Waals surface area contributed by atoms with E-state index in [1.165, 1.54) is 25.1 Å². The maximum absolute atomic E-state index is 12.5. The van der Waals surface area contributed by atoms with Crippen molar-refractivity contribution < 1.29 is 19.6 Å². The Kier molecular flexibility index (Phi) is 5.71. The lowest BCUT2D eigenvalue weighted by atomic mass is 9.78. The van der Waals surface area contributed by atoms with Gasteiger partial charge in [0, 0.05) is 23.7 Å². The number of benzene rings is 2. The zero-order chi connectivity index (χ0) is 19.3. The Hall–Kier alpha value is -3.22. The van der Waals surface area contributed by atoms with Crippen LogP contribution in [0.1, 0.15) is 34.8 Å². The number of nitrogens with one attached hydrogen (secondary N) is 1. The van der Waals surface area contributed by atoms with Crippen LogP contribution >= 0.6 is 0 Å². The molecule has 0 saturated carbocycles. The quantitative estimate of drug-likeness (QED) is 0.585. The van der Waals surface area contributed by atoms with E-state index in [-0.39, 0.29) is 29.8 Å². The zero-order valence-corrected chi connectivity index (χ0v) is 14.6. The summed E-state index contributed by atoms with van der Waals surface area (Å²) in [5, 5.41) is 23.5. The predicted molar refractivity (Wildman–Crippen MR) is 96.2 cm³/mol. The van der Waals surface area contributed by atoms with E-state index in [2.05, 4.69) is 5.32 Å². The van der Waals surface area contributed by atoms with E-state index in [0.717, 1.165) is 0 Å². The van der Waals surface area contributed by atoms with Crippen molar-refractivity contribution in [3.63, 3.8) is 0 Å². The van der Waals surface area contributed by atoms with E-state index in [1.54, 1.807) is 37.3 Å². The molecule has 0 aliphatic rings. The molecule has 1 unspecified atom stereocenters. The number of nitro benzene ring substituents is 1. The van der Waals surface area contributed by atoms with Crippen molar-refractivity contribution in [2.75, 3.05) is 6.54 Å². The van der Waals surface area contributed by atoms with E-state index < -0.39 is 22.2 Å². The maximum atomic E-state index is 12.5. The number of hydrogen-bond donors (Lipinski definition) is 2. The lowest BCUT2D eigenvalue weighted by Crippen LogP contribution is -2.46. The van der Waals surface area contributed by atoms with Crippen LogP contribution in [0, 0.1) is 17.0 Å². The molecule has 2 aromatic rings. The van der Waals surface area contributed by atoms with Crippen molar-refractivity contribution in [3.8, 4) is 0 Å². The van der Waals surface area contributed by atoms with Gasteiger partial charge in [-0.2, -0.15) is 0 Å². The fourth-order valence-corrected chi connectivity index (χ4v) is 2.93. The molecule has 2 aromatic carbocycles. The zero-order valence-electron chi connectivity index (χ0n) is 14.6. The number of rotatable bonds is 7. The highest BCUT2D eigenvalue weighted by Crippen LogP contribution is 2.28. The van der Waals surface area contributed by atoms with Gasteiger partial charge in [0.15, 0.2) is 0 Å². The monoisotopic (exact) mass is 356 g/mol. The first kappa shape index (κ1) is 19.1. The highest BCUT2D eigenvalue weighted by atomic mass is 16.6. The molecule has 0 bridgehead atoms. The molecule has 2 N–H and O–H groups in total. The van der Waals surface area contributed by atoms with Crippen molar-refractivity contribution in [2.24, 2.45) is 0 Å². The van der Waals surface area contributed by atoms with E-state index in [0.29, 0.717) is 5.56 Å². The largest absolute Gasteiger partial charge is 0.481 e. The van der Waals surface area contributed by atoms with Gasteiger partial charge in [-0.05, 0) is 25.0 Å². The van der Waals surface area contributed by atoms with Crippen LogP contribution < -0.4 is 5.32 Å². The number of nitrogens with zero attached hydrogens (tertiary/aromatic N) is 1. The lowest BCUT2D eigenvalue weighted by molar-refractivity contribution is -0.385. The standard InChI is InChI=1S/C19H20N2O5/c1-3-19(18(23)24,14-8-5-4-6-9-14)12-20-17(22)15-10-7-11-16(13(15)2)21(25)26/h4-11H,3,12H2,1-2H3,(H,20,22)(H,23,24). The minimum absolute atomic E-state index is 0.121. The summed E-state index contributed by atoms with van der Waals surface area (Å²) in [5.41, 5.74) is -0.438. The summed E-state index contributed by atoms with van der Waals surface area (Å²) in [6, 6.07) is 12.9. The number of carbonyl (C=O) groups is 2. The lowest BCUT2D eigenvalue weighted by Gasteiger charge is -2.29. The molecule has 7 nitrogen and oxygen atoms in total. The van der Waals surface area contributed by atoms with E-state index in [4.69, 9.17) is 0 Å². The maximum Gasteiger partial charge on any atom is 0.315 e. The van der Waals surface area contributed by atoms with Crippen LogP contribution in [-0.2, 0) is 10.2 Å². The molecular formula is C19H20N2O5. The van der Waals surface area contributed by atoms with Gasteiger partial charge in [0.2, 0.25) is 0 Å². The van der Waals surface area contributed by atoms with Gasteiger partial charge in [0.1, 0.15) is 5.41 Å². The van der Waals surface area contributed by atoms with Crippen LogP contribution in [0.25, 0.3) is 0 Å². The third-order valence-electron chi connectivity index (χ3n) is 4.64. The van der Waals surface area contributed by atoms with Crippen molar-refractivity contribution in [3.05, 3.63) is 75.3 Å². The number of carboxylic acids is 1. The molecular weight excluding hydrogens is 336 g/mol. The minimum Gasteiger partial charge on any atom is -0.481 e. The summed E-state index contributed by atoms with van der Waals surface area (Å²) in [4.78, 5) is 35.0. The number of amides is 1. The van der Waals surface area contributed by atoms with Crippen LogP contribution in [0.15, 0.2) is 48.5 Å². The first-order valence-corrected chi connectivity index (χ1v) is 8.14. The molecule has 0 radical (unpaired) electrons. The van der Waals surface area contributed by atoms with E-state index >= 15 is 0 Å². The Morgan fingerprint density at radius 2 is 1.81 bits per heavy atom. The molecule has 0 spiro atoms. The second kappa shape index (κ2) is 7.77. The van der Waals surface area contributed by atoms with Gasteiger partial charge in [0.25, 0.3) is 11.6 Å². The highest BCUT2D eigenvalue weighted by molar-refractivity contribution is 5.97. The van der Waals surface area contributed by atoms with Gasteiger partial charge in [-0.1, -0.05) is 43.3 Å². The Morgan fingerprint density at radius 3 is 2.35 bits per heavy atom. The van der Waals surface area contributed by atoms with Crippen molar-refractivity contribution in [2.45, 2.75) is 25.7 Å². The van der Waals surface area contributed by atoms with Crippen LogP contribution in [0.5, 0.6) is 0 Å². The van der Waals surface area contributed by atoms with Gasteiger partial charge in [-0.3, -0.25) is 19.7 Å². The van der Waals surface area contributed by atoms with Crippen LogP contribution in [-0.4, -0.2) is 28.5 Å². The summed E-state index contributed by atoms with van der Waals surface area (Å²) in [5.74, 6) is -1.58. The first-order valence-electron chi connectivity index (χ1n) is 8.14. The Balaban J connectivity index is 2.30. The van der Waals surface area contributed by atoms with Crippen LogP contribution in [0.2, 0.25) is 0 Å². The second-order valence-corrected chi connectivity index (χ2v) is 6.00. The molecule has 0 fully saturated rings. The van der Waals surface area contributed by atoms with Gasteiger partial charge < -0.3 is 10.4 Å². The normalized spacial score (nSPS) is 12.8. The van der Waals surface area contributed by atoms with E-state index in [1.807, 2.05) is 0 Å². The molecule has 7 heteroatoms. The molecule has 1 atom stereocenters. The summed E-state index contributed by atoms with van der Waals surface area (Å²) in [6.07, 6.45) is 0.278. The molecule has 0 aliphatic carbocycles. The molecule has 0 heterocycles. The Morgan fingerprint density at radius 1 is 1.15 bits per heavy atom. The number of carbonyl (C=O) groups excluding carboxylic acids is 1. The fraction of sp³-hybridized carbons (Fsp3) is 0.263. The Bertz CT molecular complexity index is 835. The molecule has 0 aliphatic heterocycles. The fourth-order valence-electron chi connectivity index (χ4n) is 2.93. The molecule has 0 aromatic heterocycles. The molecule has 2 rings (SSSR count). The van der Waals surface area contributed by atoms with Gasteiger partial charge in [-0.15, -0.1) is 0 Å². The van der Waals surface area contributed by atoms with Gasteiger partial charge >= 0.3 is 5.97 Å². The van der Waals surface area contributed by atoms with Crippen molar-refractivity contribution in [1.82, 2.24) is 5.32 Å². The van der Waals surface area contributed by atoms with Gasteiger partial charge in [0.05, 0.1) is 4.92 Å². The topological polar surface area (TPSA) is 110 Å². The smallest absolute Gasteiger partial charge is 0.315 e. The molecule has 136 valence electrons. The predicted octanol–water partition coefficient (Wildman–Crippen LogP) is 3.07. The number of carboxylic acid groups (broad SMARTS) is 1. The average Bonchev–Trinajstić information content (AvgIpc) is 2.63. The SMILES string of the molecule is CCC(CNC(=O)c1cccc([N+](=O)[O-])c1C)(C(=O)O)c1ccccc1. The minimum atomic E-state index is -1.27. The summed E-state index contributed by atoms with van der Waals surface area (Å²) < 4.78 is 0. The number of hydrogen-bond acceptors (Lipinski definition) is 4. The summed E-state index contributed by atoms with van der Waals surface area (Å²) in [6.45, 7) is 3.12. The molecule has 0 saturated heterocycles. The highest BCUT2D eigenvalue weighted by Gasteiger charge is 2.39. The second-order valence-electron chi connectivity index (χ2n) is 6.00. The Labute approximate surface area is 150 Å². The van der Waals surface area contributed by atoms with Crippen LogP contribution in [0.4, 0.5) is 5.69 Å². The first-order chi connectivity index (χ1) is 12.3. The summed E-state index contributed by atoms with van der Waals surface area (Å²) >= 11 is 0. The third kappa shape index (κ3) is 3.56. The number of aliphatic carboxylic acids is 1.